The second-order valence-electron chi connectivity index (χ2n) is 17.8. The zero-order chi connectivity index (χ0) is 44.3. The minimum atomic E-state index is -0.809. The summed E-state index contributed by atoms with van der Waals surface area (Å²) in [4.78, 5) is 70.1. The minimum Gasteiger partial charge on any atom is -0.453 e. The van der Waals surface area contributed by atoms with Gasteiger partial charge in [-0.2, -0.15) is 0 Å². The van der Waals surface area contributed by atoms with Gasteiger partial charge in [0.15, 0.2) is 0 Å². The van der Waals surface area contributed by atoms with Gasteiger partial charge in [0.2, 0.25) is 11.8 Å². The number of H-pyrrole nitrogens is 2. The SMILES string of the molecule is COCC[C@H](NC(=O)OC)C(=O)N[C@H](c1ncc(-c2ccc(-c3ccc4cc(-c5cnc([C@@H]6CC7(CC7)CN6C(=O)[C@@H](NC(=O)OC)C(C)C)[nH]5)ccc4c3)cc2)[nH]1)C1CCCC1. The zero-order valence-corrected chi connectivity index (χ0v) is 36.7. The van der Waals surface area contributed by atoms with Crippen LogP contribution in [0.25, 0.3) is 44.4 Å². The number of carbonyl (C=O) groups excluding carboxylic acids is 4. The van der Waals surface area contributed by atoms with Crippen LogP contribution in [-0.4, -0.2) is 95.4 Å². The van der Waals surface area contributed by atoms with Crippen molar-refractivity contribution in [2.45, 2.75) is 89.4 Å². The summed E-state index contributed by atoms with van der Waals surface area (Å²) in [5, 5.41) is 10.8. The lowest BCUT2D eigenvalue weighted by molar-refractivity contribution is -0.135. The van der Waals surface area contributed by atoms with Crippen LogP contribution < -0.4 is 16.0 Å². The smallest absolute Gasteiger partial charge is 0.407 e. The number of aromatic amines is 2. The molecule has 15 nitrogen and oxygen atoms in total. The molecule has 1 aliphatic heterocycles. The summed E-state index contributed by atoms with van der Waals surface area (Å²) in [6.07, 6.45) is 9.81. The third kappa shape index (κ3) is 9.58. The number of amides is 4. The molecule has 332 valence electrons. The third-order valence-electron chi connectivity index (χ3n) is 13.2. The highest BCUT2D eigenvalue weighted by Gasteiger charge is 2.55. The maximum atomic E-state index is 13.9. The van der Waals surface area contributed by atoms with E-state index in [1.54, 1.807) is 7.11 Å². The van der Waals surface area contributed by atoms with Crippen LogP contribution in [0.4, 0.5) is 9.59 Å². The lowest BCUT2D eigenvalue weighted by atomic mass is 9.96. The van der Waals surface area contributed by atoms with Crippen LogP contribution in [0, 0.1) is 17.3 Å². The number of likely N-dealkylation sites (tertiary alicyclic amines) is 1. The molecule has 2 aliphatic carbocycles. The molecule has 3 heterocycles. The second-order valence-corrected chi connectivity index (χ2v) is 17.8. The fraction of sp³-hybridized carbons (Fsp3) is 0.458. The molecule has 63 heavy (non-hydrogen) atoms. The Balaban J connectivity index is 0.956. The molecule has 2 aromatic heterocycles. The van der Waals surface area contributed by atoms with Crippen molar-refractivity contribution in [3.8, 4) is 33.6 Å². The van der Waals surface area contributed by atoms with E-state index in [0.29, 0.717) is 25.4 Å². The van der Waals surface area contributed by atoms with Gasteiger partial charge < -0.3 is 45.0 Å². The molecule has 2 saturated carbocycles. The van der Waals surface area contributed by atoms with Crippen molar-refractivity contribution in [3.63, 3.8) is 0 Å². The first-order valence-corrected chi connectivity index (χ1v) is 22.0. The van der Waals surface area contributed by atoms with Crippen LogP contribution in [0.15, 0.2) is 73.1 Å². The van der Waals surface area contributed by atoms with E-state index in [0.717, 1.165) is 95.2 Å². The number of nitrogens with one attached hydrogen (secondary N) is 5. The Morgan fingerprint density at radius 2 is 1.40 bits per heavy atom. The van der Waals surface area contributed by atoms with E-state index in [1.807, 2.05) is 31.1 Å². The third-order valence-corrected chi connectivity index (χ3v) is 13.2. The summed E-state index contributed by atoms with van der Waals surface area (Å²) < 4.78 is 14.8. The molecule has 3 aromatic carbocycles. The number of methoxy groups -OCH3 is 3. The number of hydrogen-bond donors (Lipinski definition) is 5. The largest absolute Gasteiger partial charge is 0.453 e. The quantitative estimate of drug-likeness (QED) is 0.0698. The lowest BCUT2D eigenvalue weighted by Gasteiger charge is -2.30. The molecular weight excluding hydrogens is 801 g/mol. The first-order chi connectivity index (χ1) is 30.5. The number of benzene rings is 3. The van der Waals surface area contributed by atoms with E-state index in [1.165, 1.54) is 14.2 Å². The fourth-order valence-electron chi connectivity index (χ4n) is 9.34. The number of alkyl carbamates (subject to hydrolysis) is 2. The number of fused-ring (bicyclic) bond motifs is 1. The van der Waals surface area contributed by atoms with Gasteiger partial charge in [-0.25, -0.2) is 19.6 Å². The molecule has 5 N–H and O–H groups in total. The summed E-state index contributed by atoms with van der Waals surface area (Å²) in [5.41, 5.74) is 5.98. The van der Waals surface area contributed by atoms with Gasteiger partial charge in [0.05, 0.1) is 50.1 Å². The standard InChI is InChI=1S/C48H58N8O7/c1-28(2)40(55-47(60)63-5)45(58)56-27-48(19-20-48)24-39(56)42-49-26-38(51-42)35-17-16-33-22-32(14-15-34(33)23-35)29-10-12-30(13-11-29)37-25-50-43(52-37)41(31-8-6-7-9-31)54-44(57)36(18-21-61-3)53-46(59)62-4/h10-17,22-23,25-26,28,31,36,39-41H,6-9,18-21,24,27H2,1-5H3,(H,49,51)(H,50,52)(H,53,59)(H,54,57)(H,55,60)/t36-,39-,40-,41-/m0/s1. The van der Waals surface area contributed by atoms with Gasteiger partial charge in [-0.05, 0) is 89.0 Å². The van der Waals surface area contributed by atoms with E-state index in [-0.39, 0.29) is 41.1 Å². The normalized spacial score (nSPS) is 18.3. The average Bonchev–Trinajstić information content (AvgIpc) is 3.87. The lowest BCUT2D eigenvalue weighted by Crippen LogP contribution is -2.51. The number of aromatic nitrogens is 4. The molecule has 1 spiro atoms. The molecule has 3 fully saturated rings. The first kappa shape index (κ1) is 43.4. The van der Waals surface area contributed by atoms with Crippen LogP contribution in [0.5, 0.6) is 0 Å². The van der Waals surface area contributed by atoms with E-state index in [9.17, 15) is 19.2 Å². The Kier molecular flexibility index (Phi) is 12.8. The van der Waals surface area contributed by atoms with Gasteiger partial charge in [0.1, 0.15) is 23.7 Å². The molecule has 0 unspecified atom stereocenters. The number of carbonyl (C=O) groups is 4. The average molecular weight is 859 g/mol. The van der Waals surface area contributed by atoms with Crippen molar-refractivity contribution in [3.05, 3.63) is 84.7 Å². The Morgan fingerprint density at radius 3 is 2.06 bits per heavy atom. The van der Waals surface area contributed by atoms with E-state index in [4.69, 9.17) is 24.2 Å². The van der Waals surface area contributed by atoms with Crippen LogP contribution in [0.2, 0.25) is 0 Å². The summed E-state index contributed by atoms with van der Waals surface area (Å²) >= 11 is 0. The molecule has 15 heteroatoms. The van der Waals surface area contributed by atoms with Crippen molar-refractivity contribution < 1.29 is 33.4 Å². The van der Waals surface area contributed by atoms with Gasteiger partial charge in [-0.3, -0.25) is 9.59 Å². The Morgan fingerprint density at radius 1 is 0.778 bits per heavy atom. The van der Waals surface area contributed by atoms with Crippen LogP contribution in [0.1, 0.15) is 88.9 Å². The molecule has 4 amide bonds. The number of hydrogen-bond acceptors (Lipinski definition) is 9. The predicted molar refractivity (Wildman–Crippen MR) is 238 cm³/mol. The van der Waals surface area contributed by atoms with Gasteiger partial charge in [0.25, 0.3) is 0 Å². The molecule has 4 atom stereocenters. The molecule has 8 rings (SSSR count). The van der Waals surface area contributed by atoms with Crippen molar-refractivity contribution in [1.29, 1.82) is 0 Å². The maximum absolute atomic E-state index is 13.9. The van der Waals surface area contributed by atoms with Gasteiger partial charge >= 0.3 is 12.2 Å². The molecule has 0 bridgehead atoms. The molecule has 3 aliphatic rings. The fourth-order valence-corrected chi connectivity index (χ4v) is 9.34. The number of nitrogens with zero attached hydrogens (tertiary/aromatic N) is 3. The monoisotopic (exact) mass is 858 g/mol. The summed E-state index contributed by atoms with van der Waals surface area (Å²) in [5.74, 6) is 1.13. The van der Waals surface area contributed by atoms with Crippen molar-refractivity contribution >= 4 is 34.8 Å². The second kappa shape index (κ2) is 18.6. The molecule has 5 aromatic rings. The number of ether oxygens (including phenoxy) is 3. The Bertz CT molecular complexity index is 2430. The Hall–Kier alpha value is -6.22. The van der Waals surface area contributed by atoms with Crippen molar-refractivity contribution in [1.82, 2.24) is 40.8 Å². The number of imidazole rings is 2. The topological polar surface area (TPSA) is 193 Å². The van der Waals surface area contributed by atoms with Gasteiger partial charge in [-0.15, -0.1) is 0 Å². The summed E-state index contributed by atoms with van der Waals surface area (Å²) in [6.45, 7) is 4.81. The Labute approximate surface area is 367 Å². The summed E-state index contributed by atoms with van der Waals surface area (Å²) in [6, 6.07) is 19.1. The zero-order valence-electron chi connectivity index (χ0n) is 36.7. The van der Waals surface area contributed by atoms with Crippen molar-refractivity contribution in [2.24, 2.45) is 17.3 Å². The molecular formula is C48H58N8O7. The maximum Gasteiger partial charge on any atom is 0.407 e. The van der Waals surface area contributed by atoms with Crippen LogP contribution >= 0.6 is 0 Å². The predicted octanol–water partition coefficient (Wildman–Crippen LogP) is 7.83. The summed E-state index contributed by atoms with van der Waals surface area (Å²) in [7, 11) is 4.13. The first-order valence-electron chi connectivity index (χ1n) is 22.0. The van der Waals surface area contributed by atoms with Crippen LogP contribution in [-0.2, 0) is 23.8 Å². The van der Waals surface area contributed by atoms with Crippen molar-refractivity contribution in [2.75, 3.05) is 34.5 Å². The van der Waals surface area contributed by atoms with E-state index in [2.05, 4.69) is 86.6 Å². The highest BCUT2D eigenvalue weighted by atomic mass is 16.5. The van der Waals surface area contributed by atoms with Gasteiger partial charge in [0, 0.05) is 32.2 Å². The van der Waals surface area contributed by atoms with Gasteiger partial charge in [-0.1, -0.05) is 75.2 Å². The highest BCUT2D eigenvalue weighted by Crippen LogP contribution is 2.58. The molecule has 0 radical (unpaired) electrons. The molecule has 1 saturated heterocycles. The highest BCUT2D eigenvalue weighted by molar-refractivity contribution is 5.91. The van der Waals surface area contributed by atoms with Crippen LogP contribution in [0.3, 0.4) is 0 Å². The number of rotatable bonds is 15. The van der Waals surface area contributed by atoms with E-state index >= 15 is 0 Å². The van der Waals surface area contributed by atoms with E-state index < -0.39 is 24.3 Å². The minimum absolute atomic E-state index is 0.108.